The fraction of sp³-hybridized carbons (Fsp3) is 0.640. The van der Waals surface area contributed by atoms with Crippen LogP contribution in [0, 0.1) is 0 Å². The molecular weight excluding hydrogens is 997 g/mol. The Morgan fingerprint density at radius 2 is 0.494 bits per heavy atom. The van der Waals surface area contributed by atoms with Gasteiger partial charge in [0.15, 0.2) is 6.10 Å². The summed E-state index contributed by atoms with van der Waals surface area (Å²) in [7, 11) is 0. The molecule has 0 spiro atoms. The first-order valence-corrected chi connectivity index (χ1v) is 33.3. The molecule has 0 aromatic carbocycles. The summed E-state index contributed by atoms with van der Waals surface area (Å²) >= 11 is 0. The molecule has 0 heterocycles. The van der Waals surface area contributed by atoms with E-state index in [1.807, 2.05) is 0 Å². The molecule has 0 bridgehead atoms. The highest BCUT2D eigenvalue weighted by Gasteiger charge is 2.19. The molecule has 0 aliphatic rings. The highest BCUT2D eigenvalue weighted by molar-refractivity contribution is 5.71. The van der Waals surface area contributed by atoms with Gasteiger partial charge in [0.05, 0.1) is 0 Å². The van der Waals surface area contributed by atoms with Gasteiger partial charge in [0.1, 0.15) is 13.2 Å². The molecule has 0 aliphatic carbocycles. The van der Waals surface area contributed by atoms with E-state index in [1.54, 1.807) is 0 Å². The number of hydrogen-bond acceptors (Lipinski definition) is 6. The Bertz CT molecular complexity index is 1760. The zero-order valence-electron chi connectivity index (χ0n) is 52.5. The second-order valence-electron chi connectivity index (χ2n) is 21.6. The van der Waals surface area contributed by atoms with Gasteiger partial charge in [-0.2, -0.15) is 0 Å². The molecule has 6 heteroatoms. The van der Waals surface area contributed by atoms with E-state index in [4.69, 9.17) is 14.2 Å². The first kappa shape index (κ1) is 76.3. The van der Waals surface area contributed by atoms with Crippen LogP contribution in [-0.4, -0.2) is 37.2 Å². The van der Waals surface area contributed by atoms with E-state index in [0.29, 0.717) is 19.3 Å². The zero-order valence-corrected chi connectivity index (χ0v) is 52.5. The van der Waals surface area contributed by atoms with Gasteiger partial charge >= 0.3 is 17.9 Å². The molecule has 0 saturated carbocycles. The molecule has 0 radical (unpaired) electrons. The van der Waals surface area contributed by atoms with Gasteiger partial charge in [0.25, 0.3) is 0 Å². The topological polar surface area (TPSA) is 78.9 Å². The summed E-state index contributed by atoms with van der Waals surface area (Å²) in [6.07, 6.45) is 97.1. The van der Waals surface area contributed by atoms with Crippen LogP contribution in [0.1, 0.15) is 290 Å². The van der Waals surface area contributed by atoms with Crippen molar-refractivity contribution in [2.24, 2.45) is 0 Å². The monoisotopic (exact) mass is 1120 g/mol. The lowest BCUT2D eigenvalue weighted by Crippen LogP contribution is -2.30. The quantitative estimate of drug-likeness (QED) is 0.0261. The standard InChI is InChI=1S/C75H122O6/c1-4-7-10-13-16-19-22-25-28-31-33-35-37-39-41-44-47-50-53-56-59-62-65-68-74(77)80-71-72(70-79-73(76)67-64-61-58-55-52-49-46-43-30-27-24-21-18-15-12-9-6-3)81-75(78)69-66-63-60-57-54-51-48-45-42-40-38-36-34-32-29-26-23-20-17-14-11-8-5-2/h7,9-10,12,16,18-19,21,23,25-28,30,32-35,39,41,47,50,56,59,72H,4-6,8,11,13-15,17,20,22,24,29,31,36-38,40,42-46,48-49,51-55,57-58,60-71H2,1-3H3/b10-7-,12-9-,19-16-,21-18-,26-23-,28-25-,30-27-,34-32-,35-33-,41-39-,50-47-,59-56-. The second-order valence-corrected chi connectivity index (χ2v) is 21.6. The van der Waals surface area contributed by atoms with E-state index < -0.39 is 6.10 Å². The minimum absolute atomic E-state index is 0.107. The zero-order chi connectivity index (χ0) is 58.5. The first-order chi connectivity index (χ1) is 40.0. The maximum atomic E-state index is 13.0. The Kier molecular flexibility index (Phi) is 63.9. The van der Waals surface area contributed by atoms with Crippen molar-refractivity contribution in [1.82, 2.24) is 0 Å². The molecule has 0 saturated heterocycles. The average Bonchev–Trinajstić information content (AvgIpc) is 3.47. The molecular formula is C75H122O6. The van der Waals surface area contributed by atoms with E-state index in [2.05, 4.69) is 167 Å². The van der Waals surface area contributed by atoms with Crippen molar-refractivity contribution in [2.45, 2.75) is 297 Å². The summed E-state index contributed by atoms with van der Waals surface area (Å²) in [5.41, 5.74) is 0. The Morgan fingerprint density at radius 3 is 0.802 bits per heavy atom. The Balaban J connectivity index is 4.50. The highest BCUT2D eigenvalue weighted by Crippen LogP contribution is 2.15. The Labute approximate surface area is 499 Å². The smallest absolute Gasteiger partial charge is 0.306 e. The number of esters is 3. The fourth-order valence-electron chi connectivity index (χ4n) is 8.89. The lowest BCUT2D eigenvalue weighted by Gasteiger charge is -2.18. The third-order valence-corrected chi connectivity index (χ3v) is 13.8. The molecule has 6 nitrogen and oxygen atoms in total. The SMILES string of the molecule is CC/C=C\C/C=C\C/C=C\C/C=C\C/C=C\C/C=C\C/C=C\CCCC(=O)OCC(COC(=O)CCCCCCCCC/C=C\C/C=C\C/C=C\CC)OC(=O)CCCCCCCCCCCCC/C=C\C/C=C\CCCCCCC. The number of hydrogen-bond donors (Lipinski definition) is 0. The van der Waals surface area contributed by atoms with Gasteiger partial charge in [-0.05, 0) is 135 Å². The number of carbonyl (C=O) groups excluding carboxylic acids is 3. The van der Waals surface area contributed by atoms with Crippen LogP contribution in [0.5, 0.6) is 0 Å². The molecule has 0 N–H and O–H groups in total. The van der Waals surface area contributed by atoms with Crippen molar-refractivity contribution in [3.8, 4) is 0 Å². The predicted octanol–water partition coefficient (Wildman–Crippen LogP) is 23.1. The maximum Gasteiger partial charge on any atom is 0.306 e. The number of carbonyl (C=O) groups is 3. The minimum Gasteiger partial charge on any atom is -0.462 e. The number of ether oxygens (including phenoxy) is 3. The van der Waals surface area contributed by atoms with Gasteiger partial charge < -0.3 is 14.2 Å². The van der Waals surface area contributed by atoms with Gasteiger partial charge in [-0.1, -0.05) is 282 Å². The van der Waals surface area contributed by atoms with E-state index in [-0.39, 0.29) is 37.5 Å². The number of allylic oxidation sites excluding steroid dienone is 24. The molecule has 81 heavy (non-hydrogen) atoms. The molecule has 0 aliphatic heterocycles. The predicted molar refractivity (Wildman–Crippen MR) is 352 cm³/mol. The van der Waals surface area contributed by atoms with Crippen LogP contribution >= 0.6 is 0 Å². The average molecular weight is 1120 g/mol. The van der Waals surface area contributed by atoms with Crippen LogP contribution in [0.4, 0.5) is 0 Å². The van der Waals surface area contributed by atoms with Crippen molar-refractivity contribution in [3.63, 3.8) is 0 Å². The molecule has 0 rings (SSSR count). The molecule has 0 fully saturated rings. The van der Waals surface area contributed by atoms with Gasteiger partial charge in [-0.15, -0.1) is 0 Å². The van der Waals surface area contributed by atoms with Gasteiger partial charge in [-0.25, -0.2) is 0 Å². The van der Waals surface area contributed by atoms with E-state index in [1.165, 1.54) is 122 Å². The number of rotatable bonds is 59. The lowest BCUT2D eigenvalue weighted by atomic mass is 10.0. The van der Waals surface area contributed by atoms with Crippen LogP contribution in [0.25, 0.3) is 0 Å². The summed E-state index contributed by atoms with van der Waals surface area (Å²) in [6.45, 7) is 6.36. The molecule has 0 aromatic heterocycles. The number of unbranched alkanes of at least 4 members (excludes halogenated alkanes) is 24. The molecule has 1 atom stereocenters. The molecule has 0 amide bonds. The van der Waals surface area contributed by atoms with Gasteiger partial charge in [0.2, 0.25) is 0 Å². The van der Waals surface area contributed by atoms with Crippen LogP contribution in [0.15, 0.2) is 146 Å². The van der Waals surface area contributed by atoms with Crippen molar-refractivity contribution >= 4 is 17.9 Å². The summed E-state index contributed by atoms with van der Waals surface area (Å²) in [6, 6.07) is 0. The third kappa shape index (κ3) is 66.0. The summed E-state index contributed by atoms with van der Waals surface area (Å²) in [5.74, 6) is -0.977. The largest absolute Gasteiger partial charge is 0.462 e. The van der Waals surface area contributed by atoms with Crippen LogP contribution < -0.4 is 0 Å². The Hall–Kier alpha value is -4.71. The van der Waals surface area contributed by atoms with E-state index >= 15 is 0 Å². The summed E-state index contributed by atoms with van der Waals surface area (Å²) in [5, 5.41) is 0. The van der Waals surface area contributed by atoms with Crippen molar-refractivity contribution in [3.05, 3.63) is 146 Å². The minimum atomic E-state index is -0.815. The van der Waals surface area contributed by atoms with Crippen LogP contribution in [0.2, 0.25) is 0 Å². The fourth-order valence-corrected chi connectivity index (χ4v) is 8.89. The second kappa shape index (κ2) is 67.8. The van der Waals surface area contributed by atoms with Crippen LogP contribution in [0.3, 0.4) is 0 Å². The van der Waals surface area contributed by atoms with Crippen LogP contribution in [-0.2, 0) is 28.6 Å². The van der Waals surface area contributed by atoms with Gasteiger partial charge in [-0.3, -0.25) is 14.4 Å². The first-order valence-electron chi connectivity index (χ1n) is 33.3. The normalized spacial score (nSPS) is 13.1. The van der Waals surface area contributed by atoms with Crippen molar-refractivity contribution in [2.75, 3.05) is 13.2 Å². The van der Waals surface area contributed by atoms with Crippen molar-refractivity contribution < 1.29 is 28.6 Å². The molecule has 458 valence electrons. The van der Waals surface area contributed by atoms with Crippen molar-refractivity contribution in [1.29, 1.82) is 0 Å². The summed E-state index contributed by atoms with van der Waals surface area (Å²) < 4.78 is 16.9. The Morgan fingerprint density at radius 1 is 0.259 bits per heavy atom. The molecule has 1 unspecified atom stereocenters. The third-order valence-electron chi connectivity index (χ3n) is 13.8. The van der Waals surface area contributed by atoms with Gasteiger partial charge in [0, 0.05) is 19.3 Å². The summed E-state index contributed by atoms with van der Waals surface area (Å²) in [4.78, 5) is 38.4. The lowest BCUT2D eigenvalue weighted by molar-refractivity contribution is -0.167. The van der Waals surface area contributed by atoms with E-state index in [0.717, 1.165) is 122 Å². The molecule has 0 aromatic rings. The highest BCUT2D eigenvalue weighted by atomic mass is 16.6. The maximum absolute atomic E-state index is 13.0. The van der Waals surface area contributed by atoms with E-state index in [9.17, 15) is 14.4 Å².